The second kappa shape index (κ2) is 9.90. The molecule has 0 saturated carbocycles. The first kappa shape index (κ1) is 23.7. The van der Waals surface area contributed by atoms with Crippen LogP contribution in [0.2, 0.25) is 0 Å². The number of thiophene rings is 1. The number of thiocarbonyl (C=S) groups is 1. The van der Waals surface area contributed by atoms with E-state index in [1.807, 2.05) is 48.7 Å². The number of amides is 1. The van der Waals surface area contributed by atoms with Gasteiger partial charge >= 0.3 is 10.9 Å². The third-order valence-corrected chi connectivity index (χ3v) is 8.20. The Hall–Kier alpha value is -3.05. The molecule has 0 bridgehead atoms. The maximum Gasteiger partial charge on any atom is 0.396 e. The Labute approximate surface area is 217 Å². The van der Waals surface area contributed by atoms with Crippen molar-refractivity contribution in [1.82, 2.24) is 4.90 Å². The Morgan fingerprint density at radius 1 is 1.17 bits per heavy atom. The first-order valence-corrected chi connectivity index (χ1v) is 13.4. The number of carbonyl (C=O) groups excluding carboxylic acids is 2. The van der Waals surface area contributed by atoms with Crippen molar-refractivity contribution in [3.05, 3.63) is 79.0 Å². The monoisotopic (exact) mass is 539 g/mol. The van der Waals surface area contributed by atoms with Gasteiger partial charge in [-0.1, -0.05) is 71.2 Å². The molecular weight excluding hydrogens is 523 g/mol. The van der Waals surface area contributed by atoms with Crippen LogP contribution in [-0.2, 0) is 9.59 Å². The van der Waals surface area contributed by atoms with E-state index in [1.165, 1.54) is 28.0 Å². The molecule has 1 aliphatic heterocycles. The number of esters is 1. The fourth-order valence-corrected chi connectivity index (χ4v) is 6.29. The number of carbonyl (C=O) groups is 2. The number of fused-ring (bicyclic) bond motifs is 1. The summed E-state index contributed by atoms with van der Waals surface area (Å²) in [5.74, 6) is -0.420. The lowest BCUT2D eigenvalue weighted by Gasteiger charge is -2.14. The first-order valence-electron chi connectivity index (χ1n) is 10.5. The molecule has 35 heavy (non-hydrogen) atoms. The Bertz CT molecular complexity index is 1530. The molecule has 5 rings (SSSR count). The van der Waals surface area contributed by atoms with Gasteiger partial charge in [0.1, 0.15) is 10.1 Å². The molecule has 1 aliphatic rings. The summed E-state index contributed by atoms with van der Waals surface area (Å²) < 4.78 is 12.0. The lowest BCUT2D eigenvalue weighted by Crippen LogP contribution is -2.31. The predicted molar refractivity (Wildman–Crippen MR) is 145 cm³/mol. The Balaban J connectivity index is 1.31. The molecule has 3 heterocycles. The van der Waals surface area contributed by atoms with E-state index in [4.69, 9.17) is 21.4 Å². The number of ether oxygens (including phenoxy) is 1. The lowest BCUT2D eigenvalue weighted by atomic mass is 10.0. The zero-order valence-corrected chi connectivity index (χ0v) is 21.6. The molecule has 0 atom stereocenters. The number of hydrogen-bond donors (Lipinski definition) is 0. The normalized spacial score (nSPS) is 14.9. The van der Waals surface area contributed by atoms with Gasteiger partial charge in [-0.2, -0.15) is 0 Å². The van der Waals surface area contributed by atoms with E-state index in [2.05, 4.69) is 0 Å². The molecule has 1 amide bonds. The van der Waals surface area contributed by atoms with Gasteiger partial charge in [0.2, 0.25) is 0 Å². The van der Waals surface area contributed by atoms with Gasteiger partial charge in [0.05, 0.1) is 16.0 Å². The highest BCUT2D eigenvalue weighted by Gasteiger charge is 2.32. The Morgan fingerprint density at radius 3 is 2.71 bits per heavy atom. The average molecular weight is 540 g/mol. The van der Waals surface area contributed by atoms with Gasteiger partial charge < -0.3 is 9.15 Å². The van der Waals surface area contributed by atoms with Gasteiger partial charge in [-0.15, -0.1) is 11.3 Å². The topological polar surface area (TPSA) is 76.8 Å². The van der Waals surface area contributed by atoms with Gasteiger partial charge in [-0.05, 0) is 36.1 Å². The van der Waals surface area contributed by atoms with Crippen LogP contribution in [0, 0.1) is 6.92 Å². The Kier molecular flexibility index (Phi) is 6.70. The van der Waals surface area contributed by atoms with Crippen molar-refractivity contribution in [2.24, 2.45) is 0 Å². The fraction of sp³-hybridized carbons (Fsp3) is 0.120. The van der Waals surface area contributed by atoms with Gasteiger partial charge in [0, 0.05) is 23.1 Å². The molecule has 1 fully saturated rings. The van der Waals surface area contributed by atoms with Gasteiger partial charge in [-0.3, -0.25) is 14.5 Å². The standard InChI is InChI=1S/C25H17NO5S4/c1-14-4-6-15(7-5-14)18-11-16(12-19-22(18)31-25(29)35-19)30-21(27)8-9-26-23(28)20(34-24(26)32)13-17-3-2-10-33-17/h2-7,10-13H,8-9H2,1H3. The molecule has 6 nitrogen and oxygen atoms in total. The second-order valence-electron chi connectivity index (χ2n) is 7.69. The summed E-state index contributed by atoms with van der Waals surface area (Å²) in [6.07, 6.45) is 1.78. The summed E-state index contributed by atoms with van der Waals surface area (Å²) in [5, 5.41) is 1.94. The smallest absolute Gasteiger partial charge is 0.396 e. The SMILES string of the molecule is Cc1ccc(-c2cc(OC(=O)CCN3C(=O)C(=Cc4cccs4)SC3=S)cc3sc(=O)oc23)cc1. The summed E-state index contributed by atoms with van der Waals surface area (Å²) in [6.45, 7) is 2.11. The molecule has 2 aromatic heterocycles. The molecule has 10 heteroatoms. The van der Waals surface area contributed by atoms with E-state index in [1.54, 1.807) is 18.2 Å². The third kappa shape index (κ3) is 5.15. The van der Waals surface area contributed by atoms with Crippen molar-refractivity contribution >= 4 is 79.2 Å². The van der Waals surface area contributed by atoms with Crippen molar-refractivity contribution in [2.45, 2.75) is 13.3 Å². The molecule has 4 aromatic rings. The minimum absolute atomic E-state index is 0.0295. The molecule has 1 saturated heterocycles. The molecule has 0 N–H and O–H groups in total. The molecule has 0 radical (unpaired) electrons. The molecule has 176 valence electrons. The first-order chi connectivity index (χ1) is 16.9. The van der Waals surface area contributed by atoms with Crippen molar-refractivity contribution < 1.29 is 18.7 Å². The zero-order valence-electron chi connectivity index (χ0n) is 18.3. The minimum Gasteiger partial charge on any atom is -0.426 e. The van der Waals surface area contributed by atoms with E-state index < -0.39 is 10.9 Å². The number of hydrogen-bond acceptors (Lipinski definition) is 9. The number of nitrogens with zero attached hydrogens (tertiary/aromatic N) is 1. The number of thioether (sulfide) groups is 1. The highest BCUT2D eigenvalue weighted by molar-refractivity contribution is 8.26. The molecule has 2 aromatic carbocycles. The maximum atomic E-state index is 12.8. The predicted octanol–water partition coefficient (Wildman–Crippen LogP) is 6.09. The van der Waals surface area contributed by atoms with Gasteiger partial charge in [-0.25, -0.2) is 4.79 Å². The van der Waals surface area contributed by atoms with Crippen molar-refractivity contribution in [1.29, 1.82) is 0 Å². The highest BCUT2D eigenvalue weighted by Crippen LogP contribution is 2.35. The summed E-state index contributed by atoms with van der Waals surface area (Å²) in [5.41, 5.74) is 3.06. The maximum absolute atomic E-state index is 12.8. The largest absolute Gasteiger partial charge is 0.426 e. The third-order valence-electron chi connectivity index (χ3n) is 5.23. The van der Waals surface area contributed by atoms with Crippen molar-refractivity contribution in [2.75, 3.05) is 6.54 Å². The van der Waals surface area contributed by atoms with Crippen LogP contribution in [0.1, 0.15) is 16.9 Å². The van der Waals surface area contributed by atoms with Gasteiger partial charge in [0.25, 0.3) is 5.91 Å². The van der Waals surface area contributed by atoms with Crippen LogP contribution in [0.5, 0.6) is 5.75 Å². The summed E-state index contributed by atoms with van der Waals surface area (Å²) in [4.78, 5) is 39.8. The van der Waals surface area contributed by atoms with Gasteiger partial charge in [0.15, 0.2) is 5.58 Å². The van der Waals surface area contributed by atoms with E-state index in [-0.39, 0.29) is 18.9 Å². The molecule has 0 spiro atoms. The average Bonchev–Trinajstić information content (AvgIpc) is 3.53. The summed E-state index contributed by atoms with van der Waals surface area (Å²) >= 11 is 9.05. The van der Waals surface area contributed by atoms with Crippen LogP contribution in [0.25, 0.3) is 27.5 Å². The van der Waals surface area contributed by atoms with E-state index >= 15 is 0 Å². The van der Waals surface area contributed by atoms with Crippen LogP contribution in [-0.4, -0.2) is 27.6 Å². The molecular formula is C25H17NO5S4. The fourth-order valence-electron chi connectivity index (χ4n) is 3.54. The minimum atomic E-state index is -0.508. The molecule has 0 aliphatic carbocycles. The van der Waals surface area contributed by atoms with Crippen LogP contribution in [0.3, 0.4) is 0 Å². The zero-order chi connectivity index (χ0) is 24.5. The van der Waals surface area contributed by atoms with Crippen LogP contribution < -0.4 is 9.68 Å². The number of aryl methyl sites for hydroxylation is 1. The van der Waals surface area contributed by atoms with E-state index in [9.17, 15) is 14.4 Å². The van der Waals surface area contributed by atoms with E-state index in [0.717, 1.165) is 27.3 Å². The summed E-state index contributed by atoms with van der Waals surface area (Å²) in [6, 6.07) is 14.9. The van der Waals surface area contributed by atoms with Crippen LogP contribution >= 0.6 is 46.7 Å². The highest BCUT2D eigenvalue weighted by atomic mass is 32.2. The second-order valence-corrected chi connectivity index (χ2v) is 11.3. The van der Waals surface area contributed by atoms with E-state index in [0.29, 0.717) is 30.8 Å². The van der Waals surface area contributed by atoms with Crippen molar-refractivity contribution in [3.63, 3.8) is 0 Å². The van der Waals surface area contributed by atoms with Crippen LogP contribution in [0.15, 0.2) is 68.0 Å². The van der Waals surface area contributed by atoms with Crippen LogP contribution in [0.4, 0.5) is 0 Å². The number of benzene rings is 2. The summed E-state index contributed by atoms with van der Waals surface area (Å²) in [7, 11) is 0. The Morgan fingerprint density at radius 2 is 1.97 bits per heavy atom. The van der Waals surface area contributed by atoms with Crippen molar-refractivity contribution in [3.8, 4) is 16.9 Å². The quantitative estimate of drug-likeness (QED) is 0.127. The molecule has 0 unspecified atom stereocenters. The lowest BCUT2D eigenvalue weighted by molar-refractivity contribution is -0.134. The number of rotatable bonds is 6.